The van der Waals surface area contributed by atoms with Crippen LogP contribution < -0.4 is 5.32 Å². The zero-order valence-electron chi connectivity index (χ0n) is 12.6. The summed E-state index contributed by atoms with van der Waals surface area (Å²) < 4.78 is 2.99. The molecule has 0 fully saturated rings. The van der Waals surface area contributed by atoms with Crippen LogP contribution in [0.25, 0.3) is 5.70 Å². The molecular weight excluding hydrogens is 352 g/mol. The van der Waals surface area contributed by atoms with Crippen LogP contribution in [-0.2, 0) is 0 Å². The van der Waals surface area contributed by atoms with E-state index in [1.54, 1.807) is 6.33 Å². The zero-order valence-corrected chi connectivity index (χ0v) is 14.2. The van der Waals surface area contributed by atoms with Crippen molar-refractivity contribution >= 4 is 27.6 Å². The number of aryl methyl sites for hydroxylation is 1. The van der Waals surface area contributed by atoms with Gasteiger partial charge in [-0.1, -0.05) is 52.3 Å². The molecule has 2 heterocycles. The van der Waals surface area contributed by atoms with Crippen molar-refractivity contribution in [2.24, 2.45) is 0 Å². The van der Waals surface area contributed by atoms with Crippen LogP contribution in [0.15, 0.2) is 65.4 Å². The predicted octanol–water partition coefficient (Wildman–Crippen LogP) is 4.41. The minimum Gasteiger partial charge on any atom is -0.324 e. The summed E-state index contributed by atoms with van der Waals surface area (Å²) in [6.45, 7) is 2.13. The summed E-state index contributed by atoms with van der Waals surface area (Å²) in [4.78, 5) is 4.35. The van der Waals surface area contributed by atoms with Crippen molar-refractivity contribution in [3.8, 4) is 0 Å². The second kappa shape index (κ2) is 5.66. The van der Waals surface area contributed by atoms with Crippen molar-refractivity contribution in [3.63, 3.8) is 0 Å². The smallest absolute Gasteiger partial charge is 0.226 e. The van der Waals surface area contributed by atoms with Crippen molar-refractivity contribution in [2.45, 2.75) is 13.0 Å². The third-order valence-electron chi connectivity index (χ3n) is 4.07. The molecule has 2 aromatic carbocycles. The Kier molecular flexibility index (Phi) is 3.50. The summed E-state index contributed by atoms with van der Waals surface area (Å²) in [5.74, 6) is 0.763. The molecule has 5 heteroatoms. The van der Waals surface area contributed by atoms with E-state index in [1.165, 1.54) is 11.1 Å². The standard InChI is InChI=1S/C18H15BrN4/c1-12-4-2-3-5-15(12)17-10-16(13-6-8-14(19)9-7-13)22-18-20-11-21-23(17)18/h2-11,17H,1H3,(H,20,21,22). The second-order valence-electron chi connectivity index (χ2n) is 5.54. The van der Waals surface area contributed by atoms with E-state index in [4.69, 9.17) is 0 Å². The minimum absolute atomic E-state index is 0.0357. The molecule has 0 saturated heterocycles. The largest absolute Gasteiger partial charge is 0.324 e. The van der Waals surface area contributed by atoms with Gasteiger partial charge in [-0.25, -0.2) is 4.68 Å². The lowest BCUT2D eigenvalue weighted by Crippen LogP contribution is -2.20. The highest BCUT2D eigenvalue weighted by Crippen LogP contribution is 2.33. The van der Waals surface area contributed by atoms with E-state index in [9.17, 15) is 0 Å². The Morgan fingerprint density at radius 2 is 1.87 bits per heavy atom. The zero-order chi connectivity index (χ0) is 15.8. The molecule has 1 aromatic heterocycles. The average molecular weight is 367 g/mol. The summed E-state index contributed by atoms with van der Waals surface area (Å²) in [6, 6.07) is 16.7. The van der Waals surface area contributed by atoms with Crippen molar-refractivity contribution in [1.29, 1.82) is 0 Å². The number of hydrogen-bond acceptors (Lipinski definition) is 3. The molecule has 0 amide bonds. The van der Waals surface area contributed by atoms with Crippen LogP contribution in [0.4, 0.5) is 5.95 Å². The number of rotatable bonds is 2. The van der Waals surface area contributed by atoms with Gasteiger partial charge in [0, 0.05) is 10.2 Å². The fourth-order valence-corrected chi connectivity index (χ4v) is 3.14. The molecular formula is C18H15BrN4. The number of hydrogen-bond donors (Lipinski definition) is 1. The van der Waals surface area contributed by atoms with Gasteiger partial charge in [0.15, 0.2) is 0 Å². The van der Waals surface area contributed by atoms with E-state index in [0.717, 1.165) is 21.7 Å². The third-order valence-corrected chi connectivity index (χ3v) is 4.60. The number of fused-ring (bicyclic) bond motifs is 1. The fourth-order valence-electron chi connectivity index (χ4n) is 2.87. The lowest BCUT2D eigenvalue weighted by atomic mass is 9.98. The fraction of sp³-hybridized carbons (Fsp3) is 0.111. The lowest BCUT2D eigenvalue weighted by molar-refractivity contribution is 0.609. The molecule has 0 saturated carbocycles. The molecule has 0 spiro atoms. The maximum atomic E-state index is 4.39. The summed E-state index contributed by atoms with van der Waals surface area (Å²) in [7, 11) is 0. The van der Waals surface area contributed by atoms with Gasteiger partial charge in [-0.3, -0.25) is 0 Å². The third kappa shape index (κ3) is 2.57. The van der Waals surface area contributed by atoms with Crippen LogP contribution in [-0.4, -0.2) is 14.8 Å². The molecule has 1 atom stereocenters. The van der Waals surface area contributed by atoms with Crippen LogP contribution in [0, 0.1) is 6.92 Å². The van der Waals surface area contributed by atoms with Crippen LogP contribution >= 0.6 is 15.9 Å². The Labute approximate surface area is 143 Å². The molecule has 23 heavy (non-hydrogen) atoms. The van der Waals surface area contributed by atoms with Gasteiger partial charge in [-0.15, -0.1) is 0 Å². The van der Waals surface area contributed by atoms with Gasteiger partial charge < -0.3 is 5.32 Å². The van der Waals surface area contributed by atoms with Gasteiger partial charge in [0.1, 0.15) is 12.4 Å². The quantitative estimate of drug-likeness (QED) is 0.730. The molecule has 4 rings (SSSR count). The van der Waals surface area contributed by atoms with Gasteiger partial charge >= 0.3 is 0 Å². The molecule has 0 radical (unpaired) electrons. The van der Waals surface area contributed by atoms with E-state index in [0.29, 0.717) is 0 Å². The van der Waals surface area contributed by atoms with Crippen molar-refractivity contribution in [1.82, 2.24) is 14.8 Å². The summed E-state index contributed by atoms with van der Waals surface area (Å²) >= 11 is 3.48. The van der Waals surface area contributed by atoms with Crippen LogP contribution in [0.3, 0.4) is 0 Å². The highest BCUT2D eigenvalue weighted by molar-refractivity contribution is 9.10. The maximum absolute atomic E-state index is 4.39. The highest BCUT2D eigenvalue weighted by Gasteiger charge is 2.24. The summed E-state index contributed by atoms with van der Waals surface area (Å²) in [5.41, 5.74) is 4.65. The first kappa shape index (κ1) is 14.2. The SMILES string of the molecule is Cc1ccccc1C1C=C(c2ccc(Br)cc2)Nc2ncnn21. The van der Waals surface area contributed by atoms with Gasteiger partial charge in [0.05, 0.1) is 0 Å². The predicted molar refractivity (Wildman–Crippen MR) is 95.1 cm³/mol. The van der Waals surface area contributed by atoms with Crippen molar-refractivity contribution < 1.29 is 0 Å². The first-order valence-corrected chi connectivity index (χ1v) is 8.21. The summed E-state index contributed by atoms with van der Waals surface area (Å²) in [6.07, 6.45) is 3.79. The molecule has 114 valence electrons. The number of allylic oxidation sites excluding steroid dienone is 1. The first-order chi connectivity index (χ1) is 11.2. The van der Waals surface area contributed by atoms with E-state index < -0.39 is 0 Å². The van der Waals surface area contributed by atoms with Crippen molar-refractivity contribution in [3.05, 3.63) is 82.1 Å². The van der Waals surface area contributed by atoms with Crippen LogP contribution in [0.5, 0.6) is 0 Å². The lowest BCUT2D eigenvalue weighted by Gasteiger charge is -2.25. The first-order valence-electron chi connectivity index (χ1n) is 7.42. The van der Waals surface area contributed by atoms with E-state index in [-0.39, 0.29) is 6.04 Å². The molecule has 4 nitrogen and oxygen atoms in total. The average Bonchev–Trinajstić information content (AvgIpc) is 3.04. The molecule has 1 unspecified atom stereocenters. The van der Waals surface area contributed by atoms with Gasteiger partial charge in [0.25, 0.3) is 0 Å². The molecule has 1 N–H and O–H groups in total. The Hall–Kier alpha value is -2.40. The number of nitrogens with one attached hydrogen (secondary N) is 1. The molecule has 3 aromatic rings. The highest BCUT2D eigenvalue weighted by atomic mass is 79.9. The Balaban J connectivity index is 1.83. The Morgan fingerprint density at radius 1 is 1.09 bits per heavy atom. The molecule has 1 aliphatic rings. The number of anilines is 1. The van der Waals surface area contributed by atoms with Crippen molar-refractivity contribution in [2.75, 3.05) is 5.32 Å². The number of halogens is 1. The van der Waals surface area contributed by atoms with Gasteiger partial charge in [-0.05, 0) is 41.8 Å². The van der Waals surface area contributed by atoms with Gasteiger partial charge in [0.2, 0.25) is 5.95 Å². The Bertz CT molecular complexity index is 880. The topological polar surface area (TPSA) is 42.7 Å². The Morgan fingerprint density at radius 3 is 2.65 bits per heavy atom. The summed E-state index contributed by atoms with van der Waals surface area (Å²) in [5, 5.41) is 7.76. The van der Waals surface area contributed by atoms with E-state index in [1.807, 2.05) is 16.8 Å². The minimum atomic E-state index is 0.0357. The maximum Gasteiger partial charge on any atom is 0.226 e. The van der Waals surface area contributed by atoms with Crippen LogP contribution in [0.1, 0.15) is 22.7 Å². The number of nitrogens with zero attached hydrogens (tertiary/aromatic N) is 3. The normalized spacial score (nSPS) is 16.4. The van der Waals surface area contributed by atoms with E-state index in [2.05, 4.69) is 80.7 Å². The molecule has 0 bridgehead atoms. The second-order valence-corrected chi connectivity index (χ2v) is 6.46. The van der Waals surface area contributed by atoms with Crippen LogP contribution in [0.2, 0.25) is 0 Å². The molecule has 1 aliphatic heterocycles. The molecule has 0 aliphatic carbocycles. The van der Waals surface area contributed by atoms with E-state index >= 15 is 0 Å². The van der Waals surface area contributed by atoms with Gasteiger partial charge in [-0.2, -0.15) is 10.1 Å². The monoisotopic (exact) mass is 366 g/mol. The number of aromatic nitrogens is 3. The number of benzene rings is 2.